The molecular weight excluding hydrogens is 351 g/mol. The first-order valence-electron chi connectivity index (χ1n) is 9.51. The van der Waals surface area contributed by atoms with Crippen molar-refractivity contribution in [1.82, 2.24) is 4.90 Å². The molecule has 2 heterocycles. The van der Waals surface area contributed by atoms with Gasteiger partial charge < -0.3 is 5.11 Å². The lowest BCUT2D eigenvalue weighted by atomic mass is 9.80. The van der Waals surface area contributed by atoms with Gasteiger partial charge in [-0.05, 0) is 42.9 Å². The number of alkyl halides is 3. The molecule has 144 valence electrons. The summed E-state index contributed by atoms with van der Waals surface area (Å²) in [6.45, 7) is 0.839. The van der Waals surface area contributed by atoms with Crippen LogP contribution in [0.4, 0.5) is 13.2 Å². The van der Waals surface area contributed by atoms with Crippen LogP contribution in [-0.4, -0.2) is 27.7 Å². The molecule has 0 amide bonds. The van der Waals surface area contributed by atoms with E-state index in [1.807, 2.05) is 18.2 Å². The first-order valence-corrected chi connectivity index (χ1v) is 9.51. The van der Waals surface area contributed by atoms with Crippen molar-refractivity contribution in [1.29, 1.82) is 0 Å². The zero-order valence-corrected chi connectivity index (χ0v) is 15.1. The van der Waals surface area contributed by atoms with E-state index in [0.29, 0.717) is 12.8 Å². The Kier molecular flexibility index (Phi) is 4.77. The molecule has 0 aromatic heterocycles. The normalized spacial score (nSPS) is 28.4. The minimum Gasteiger partial charge on any atom is -0.389 e. The highest BCUT2D eigenvalue weighted by atomic mass is 19.4. The van der Waals surface area contributed by atoms with Crippen molar-refractivity contribution in [2.75, 3.05) is 0 Å². The van der Waals surface area contributed by atoms with Crippen molar-refractivity contribution < 1.29 is 18.3 Å². The maximum Gasteiger partial charge on any atom is 0.416 e. The molecule has 2 aromatic carbocycles. The van der Waals surface area contributed by atoms with Crippen LogP contribution in [0.5, 0.6) is 0 Å². The molecule has 2 atom stereocenters. The number of benzene rings is 2. The van der Waals surface area contributed by atoms with Crippen LogP contribution in [0.2, 0.25) is 0 Å². The fraction of sp³-hybridized carbons (Fsp3) is 0.455. The predicted octanol–water partition coefficient (Wildman–Crippen LogP) is 4.81. The van der Waals surface area contributed by atoms with Gasteiger partial charge in [-0.2, -0.15) is 13.2 Å². The molecule has 0 radical (unpaired) electrons. The Hall–Kier alpha value is -1.85. The van der Waals surface area contributed by atoms with E-state index in [9.17, 15) is 18.3 Å². The Morgan fingerprint density at radius 3 is 2.15 bits per heavy atom. The van der Waals surface area contributed by atoms with Crippen molar-refractivity contribution >= 4 is 0 Å². The summed E-state index contributed by atoms with van der Waals surface area (Å²) in [6.07, 6.45) is -1.26. The van der Waals surface area contributed by atoms with Crippen LogP contribution in [0, 0.1) is 0 Å². The fourth-order valence-electron chi connectivity index (χ4n) is 4.92. The van der Waals surface area contributed by atoms with Crippen molar-refractivity contribution in [3.63, 3.8) is 0 Å². The summed E-state index contributed by atoms with van der Waals surface area (Å²) in [5, 5.41) is 11.2. The minimum atomic E-state index is -4.39. The van der Waals surface area contributed by atoms with E-state index < -0.39 is 17.3 Å². The van der Waals surface area contributed by atoms with Gasteiger partial charge in [-0.25, -0.2) is 0 Å². The van der Waals surface area contributed by atoms with E-state index >= 15 is 0 Å². The van der Waals surface area contributed by atoms with Gasteiger partial charge in [-0.15, -0.1) is 0 Å². The summed E-state index contributed by atoms with van der Waals surface area (Å²) in [4.78, 5) is 2.43. The van der Waals surface area contributed by atoms with E-state index in [-0.39, 0.29) is 24.1 Å². The van der Waals surface area contributed by atoms with Crippen LogP contribution in [-0.2, 0) is 19.1 Å². The van der Waals surface area contributed by atoms with Crippen molar-refractivity contribution in [2.24, 2.45) is 0 Å². The fourth-order valence-corrected chi connectivity index (χ4v) is 4.92. The Balaban J connectivity index is 1.51. The van der Waals surface area contributed by atoms with Crippen LogP contribution < -0.4 is 0 Å². The summed E-state index contributed by atoms with van der Waals surface area (Å²) in [6, 6.07) is 16.3. The molecule has 4 rings (SSSR count). The number of aliphatic hydroxyl groups is 1. The van der Waals surface area contributed by atoms with Gasteiger partial charge in [0.1, 0.15) is 0 Å². The molecule has 2 aliphatic rings. The Morgan fingerprint density at radius 1 is 0.926 bits per heavy atom. The molecule has 2 nitrogen and oxygen atoms in total. The van der Waals surface area contributed by atoms with Gasteiger partial charge in [0.15, 0.2) is 0 Å². The summed E-state index contributed by atoms with van der Waals surface area (Å²) in [5.41, 5.74) is -0.261. The van der Waals surface area contributed by atoms with E-state index in [1.165, 1.54) is 17.7 Å². The number of piperidine rings is 1. The van der Waals surface area contributed by atoms with Crippen LogP contribution >= 0.6 is 0 Å². The topological polar surface area (TPSA) is 23.5 Å². The van der Waals surface area contributed by atoms with Gasteiger partial charge in [0, 0.05) is 25.0 Å². The Morgan fingerprint density at radius 2 is 1.52 bits per heavy atom. The first kappa shape index (κ1) is 18.5. The first-order chi connectivity index (χ1) is 12.8. The van der Waals surface area contributed by atoms with Crippen LogP contribution in [0.3, 0.4) is 0 Å². The van der Waals surface area contributed by atoms with E-state index in [0.717, 1.165) is 25.5 Å². The maximum absolute atomic E-state index is 13.3. The van der Waals surface area contributed by atoms with Gasteiger partial charge in [-0.1, -0.05) is 48.5 Å². The molecule has 27 heavy (non-hydrogen) atoms. The third kappa shape index (κ3) is 3.90. The molecule has 5 heteroatoms. The monoisotopic (exact) mass is 375 g/mol. The average Bonchev–Trinajstić information content (AvgIpc) is 2.86. The molecular formula is C22H24F3NO. The lowest BCUT2D eigenvalue weighted by molar-refractivity contribution is -0.138. The third-order valence-corrected chi connectivity index (χ3v) is 6.05. The molecule has 2 saturated heterocycles. The number of hydrogen-bond acceptors (Lipinski definition) is 2. The lowest BCUT2D eigenvalue weighted by Crippen LogP contribution is -2.51. The molecule has 2 unspecified atom stereocenters. The summed E-state index contributed by atoms with van der Waals surface area (Å²) >= 11 is 0. The number of hydrogen-bond donors (Lipinski definition) is 1. The summed E-state index contributed by atoms with van der Waals surface area (Å²) in [7, 11) is 0. The number of nitrogens with zero attached hydrogens (tertiary/aromatic N) is 1. The van der Waals surface area contributed by atoms with Gasteiger partial charge in [0.05, 0.1) is 11.2 Å². The molecule has 2 fully saturated rings. The second kappa shape index (κ2) is 6.95. The molecule has 0 aliphatic carbocycles. The second-order valence-electron chi connectivity index (χ2n) is 8.01. The highest BCUT2D eigenvalue weighted by molar-refractivity contribution is 5.31. The standard InChI is InChI=1S/C22H24F3NO/c23-22(24,25)20-9-5-4-8-17(20)12-21(27)13-18-10-11-19(14-21)26(18)15-16-6-2-1-3-7-16/h1-9,18-19,27H,10-15H2. The van der Waals surface area contributed by atoms with Gasteiger partial charge in [-0.3, -0.25) is 4.90 Å². The van der Waals surface area contributed by atoms with Crippen molar-refractivity contribution in [3.8, 4) is 0 Å². The van der Waals surface area contributed by atoms with E-state index in [2.05, 4.69) is 17.0 Å². The molecule has 0 spiro atoms. The second-order valence-corrected chi connectivity index (χ2v) is 8.01. The Bertz CT molecular complexity index is 776. The zero-order chi connectivity index (χ0) is 19.1. The molecule has 2 aliphatic heterocycles. The van der Waals surface area contributed by atoms with Gasteiger partial charge >= 0.3 is 6.18 Å². The lowest BCUT2D eigenvalue weighted by Gasteiger charge is -2.44. The van der Waals surface area contributed by atoms with Gasteiger partial charge in [0.25, 0.3) is 0 Å². The predicted molar refractivity (Wildman–Crippen MR) is 98.1 cm³/mol. The zero-order valence-electron chi connectivity index (χ0n) is 15.1. The molecule has 1 N–H and O–H groups in total. The highest BCUT2D eigenvalue weighted by Gasteiger charge is 2.48. The third-order valence-electron chi connectivity index (χ3n) is 6.05. The smallest absolute Gasteiger partial charge is 0.389 e. The van der Waals surface area contributed by atoms with E-state index in [4.69, 9.17) is 0 Å². The van der Waals surface area contributed by atoms with Crippen molar-refractivity contribution in [2.45, 2.75) is 62.5 Å². The van der Waals surface area contributed by atoms with Crippen molar-refractivity contribution in [3.05, 3.63) is 71.3 Å². The number of halogens is 3. The molecule has 2 bridgehead atoms. The van der Waals surface area contributed by atoms with Crippen LogP contribution in [0.1, 0.15) is 42.4 Å². The SMILES string of the molecule is OC1(Cc2ccccc2C(F)(F)F)CC2CCC(C1)N2Cc1ccccc1. The minimum absolute atomic E-state index is 0.0643. The Labute approximate surface area is 157 Å². The number of rotatable bonds is 4. The summed E-state index contributed by atoms with van der Waals surface area (Å²) < 4.78 is 39.9. The van der Waals surface area contributed by atoms with Gasteiger partial charge in [0.2, 0.25) is 0 Å². The molecule has 0 saturated carbocycles. The largest absolute Gasteiger partial charge is 0.416 e. The average molecular weight is 375 g/mol. The molecule has 2 aromatic rings. The summed E-state index contributed by atoms with van der Waals surface area (Å²) in [5.74, 6) is 0. The maximum atomic E-state index is 13.3. The van der Waals surface area contributed by atoms with E-state index in [1.54, 1.807) is 6.07 Å². The number of fused-ring (bicyclic) bond motifs is 2. The quantitative estimate of drug-likeness (QED) is 0.829. The van der Waals surface area contributed by atoms with Crippen LogP contribution in [0.15, 0.2) is 54.6 Å². The van der Waals surface area contributed by atoms with Crippen LogP contribution in [0.25, 0.3) is 0 Å². The highest BCUT2D eigenvalue weighted by Crippen LogP contribution is 2.44.